The third-order valence-electron chi connectivity index (χ3n) is 3.43. The Morgan fingerprint density at radius 1 is 1.48 bits per heavy atom. The lowest BCUT2D eigenvalue weighted by Crippen LogP contribution is -2.44. The van der Waals surface area contributed by atoms with Crippen molar-refractivity contribution in [1.82, 2.24) is 9.96 Å². The molecule has 126 valence electrons. The van der Waals surface area contributed by atoms with Crippen LogP contribution in [0.1, 0.15) is 32.8 Å². The average molecular weight is 387 g/mol. The summed E-state index contributed by atoms with van der Waals surface area (Å²) in [4.78, 5) is 30.8. The highest BCUT2D eigenvalue weighted by molar-refractivity contribution is 9.10. The Hall–Kier alpha value is -1.47. The van der Waals surface area contributed by atoms with Crippen molar-refractivity contribution in [2.75, 3.05) is 6.54 Å². The molecule has 0 N–H and O–H groups in total. The van der Waals surface area contributed by atoms with Crippen LogP contribution in [-0.2, 0) is 21.0 Å². The summed E-state index contributed by atoms with van der Waals surface area (Å²) < 4.78 is 14.6. The number of nitrogens with zero attached hydrogens (tertiary/aromatic N) is 2. The molecule has 1 aromatic carbocycles. The molecule has 1 atom stereocenters. The fraction of sp³-hybridized carbons (Fsp3) is 0.500. The van der Waals surface area contributed by atoms with Gasteiger partial charge in [0, 0.05) is 23.1 Å². The van der Waals surface area contributed by atoms with Crippen LogP contribution in [0, 0.1) is 5.82 Å². The van der Waals surface area contributed by atoms with Gasteiger partial charge in [0.15, 0.2) is 0 Å². The van der Waals surface area contributed by atoms with Gasteiger partial charge in [-0.3, -0.25) is 14.4 Å². The van der Waals surface area contributed by atoms with Gasteiger partial charge < -0.3 is 4.90 Å². The summed E-state index contributed by atoms with van der Waals surface area (Å²) in [7, 11) is 0. The zero-order valence-electron chi connectivity index (χ0n) is 13.4. The second-order valence-electron chi connectivity index (χ2n) is 6.47. The zero-order valence-corrected chi connectivity index (χ0v) is 15.0. The Labute approximate surface area is 143 Å². The van der Waals surface area contributed by atoms with Crippen LogP contribution >= 0.6 is 15.9 Å². The highest BCUT2D eigenvalue weighted by atomic mass is 79.9. The molecular weight excluding hydrogens is 367 g/mol. The van der Waals surface area contributed by atoms with Crippen molar-refractivity contribution in [2.24, 2.45) is 0 Å². The van der Waals surface area contributed by atoms with Crippen LogP contribution in [0.5, 0.6) is 0 Å². The van der Waals surface area contributed by atoms with Gasteiger partial charge in [-0.15, -0.1) is 0 Å². The molecule has 2 rings (SSSR count). The second kappa shape index (κ2) is 6.97. The molecule has 23 heavy (non-hydrogen) atoms. The zero-order chi connectivity index (χ0) is 17.2. The van der Waals surface area contributed by atoms with Gasteiger partial charge in [0.25, 0.3) is 0 Å². The number of carbonyl (C=O) groups excluding carboxylic acids is 2. The Morgan fingerprint density at radius 3 is 2.78 bits per heavy atom. The largest absolute Gasteiger partial charge is 0.336 e. The normalized spacial score (nSPS) is 18.4. The minimum absolute atomic E-state index is 0.169. The highest BCUT2D eigenvalue weighted by Crippen LogP contribution is 2.24. The van der Waals surface area contributed by atoms with Crippen molar-refractivity contribution in [3.63, 3.8) is 0 Å². The molecule has 1 aliphatic heterocycles. The van der Waals surface area contributed by atoms with Crippen molar-refractivity contribution >= 4 is 28.2 Å². The maximum absolute atomic E-state index is 13.8. The number of carbonyl (C=O) groups is 2. The summed E-state index contributed by atoms with van der Waals surface area (Å²) in [5.41, 5.74) is -0.145. The molecule has 2 amide bonds. The van der Waals surface area contributed by atoms with Crippen LogP contribution in [0.25, 0.3) is 0 Å². The van der Waals surface area contributed by atoms with Crippen LogP contribution in [-0.4, -0.2) is 40.5 Å². The molecule has 7 heteroatoms. The molecule has 1 fully saturated rings. The Balaban J connectivity index is 2.09. The smallest absolute Gasteiger partial charge is 0.248 e. The van der Waals surface area contributed by atoms with Crippen molar-refractivity contribution in [1.29, 1.82) is 0 Å². The first-order valence-corrected chi connectivity index (χ1v) is 8.16. The molecule has 1 aliphatic rings. The number of benzene rings is 1. The molecule has 0 aliphatic carbocycles. The molecule has 5 nitrogen and oxygen atoms in total. The number of hydrogen-bond donors (Lipinski definition) is 0. The van der Waals surface area contributed by atoms with E-state index in [1.165, 1.54) is 11.0 Å². The van der Waals surface area contributed by atoms with Crippen LogP contribution in [0.2, 0.25) is 0 Å². The van der Waals surface area contributed by atoms with E-state index in [1.807, 2.05) is 0 Å². The van der Waals surface area contributed by atoms with Gasteiger partial charge in [-0.05, 0) is 45.4 Å². The van der Waals surface area contributed by atoms with Gasteiger partial charge in [-0.1, -0.05) is 15.9 Å². The first-order valence-electron chi connectivity index (χ1n) is 7.37. The first-order chi connectivity index (χ1) is 10.7. The van der Waals surface area contributed by atoms with Gasteiger partial charge in [0.1, 0.15) is 11.9 Å². The van der Waals surface area contributed by atoms with E-state index in [4.69, 9.17) is 4.84 Å². The molecule has 0 radical (unpaired) electrons. The summed E-state index contributed by atoms with van der Waals surface area (Å²) in [6.07, 6.45) is 0.986. The summed E-state index contributed by atoms with van der Waals surface area (Å²) in [5, 5.41) is 1.07. The summed E-state index contributed by atoms with van der Waals surface area (Å²) in [6.45, 7) is 6.03. The average Bonchev–Trinajstić information content (AvgIpc) is 2.81. The molecule has 0 spiro atoms. The summed E-state index contributed by atoms with van der Waals surface area (Å²) in [5.74, 6) is -0.594. The van der Waals surface area contributed by atoms with Gasteiger partial charge in [-0.25, -0.2) is 9.45 Å². The molecule has 0 saturated carbocycles. The number of likely N-dealkylation sites (tertiary alicyclic amines) is 1. The molecular formula is C16H20BrFN2O3. The van der Waals surface area contributed by atoms with Crippen molar-refractivity contribution < 1.29 is 18.8 Å². The summed E-state index contributed by atoms with van der Waals surface area (Å²) >= 11 is 3.30. The van der Waals surface area contributed by atoms with E-state index >= 15 is 0 Å². The Morgan fingerprint density at radius 2 is 2.17 bits per heavy atom. The minimum atomic E-state index is -0.665. The fourth-order valence-corrected chi connectivity index (χ4v) is 2.87. The van der Waals surface area contributed by atoms with E-state index in [0.717, 1.165) is 9.54 Å². The minimum Gasteiger partial charge on any atom is -0.336 e. The lowest BCUT2D eigenvalue weighted by Gasteiger charge is -2.30. The van der Waals surface area contributed by atoms with Crippen LogP contribution in [0.4, 0.5) is 4.39 Å². The van der Waals surface area contributed by atoms with Crippen molar-refractivity contribution in [3.8, 4) is 0 Å². The molecule has 1 heterocycles. The number of amides is 2. The van der Waals surface area contributed by atoms with E-state index in [1.54, 1.807) is 32.9 Å². The number of halogens is 2. The van der Waals surface area contributed by atoms with E-state index in [-0.39, 0.29) is 18.3 Å². The second-order valence-corrected chi connectivity index (χ2v) is 7.38. The number of hydroxylamine groups is 2. The first kappa shape index (κ1) is 17.9. The van der Waals surface area contributed by atoms with Gasteiger partial charge >= 0.3 is 0 Å². The topological polar surface area (TPSA) is 49.9 Å². The Kier molecular flexibility index (Phi) is 5.41. The predicted molar refractivity (Wildman–Crippen MR) is 86.7 cm³/mol. The van der Waals surface area contributed by atoms with E-state index in [2.05, 4.69) is 15.9 Å². The number of rotatable bonds is 5. The van der Waals surface area contributed by atoms with Gasteiger partial charge in [0.2, 0.25) is 12.3 Å². The van der Waals surface area contributed by atoms with E-state index < -0.39 is 11.6 Å². The third kappa shape index (κ3) is 4.51. The van der Waals surface area contributed by atoms with E-state index in [0.29, 0.717) is 24.9 Å². The standard InChI is InChI=1S/C16H20BrFN2O3/c1-16(2,3)23-20(10-21)14-6-7-19(15(14)22)9-11-8-12(17)4-5-13(11)18/h4-5,8,10,14H,6-7,9H2,1-3H3/t14-/m0/s1. The monoisotopic (exact) mass is 386 g/mol. The predicted octanol–water partition coefficient (Wildman–Crippen LogP) is 2.88. The SMILES string of the molecule is CC(C)(C)ON(C=O)[C@H]1CCN(Cc2cc(Br)ccc2F)C1=O. The maximum Gasteiger partial charge on any atom is 0.248 e. The third-order valence-corrected chi connectivity index (χ3v) is 3.92. The Bertz CT molecular complexity index is 603. The molecule has 0 aromatic heterocycles. The molecule has 1 aromatic rings. The lowest BCUT2D eigenvalue weighted by molar-refractivity contribution is -0.230. The van der Waals surface area contributed by atoms with Gasteiger partial charge in [0.05, 0.1) is 5.60 Å². The maximum atomic E-state index is 13.8. The fourth-order valence-electron chi connectivity index (χ4n) is 2.46. The molecule has 0 bridgehead atoms. The van der Waals surface area contributed by atoms with Crippen LogP contribution < -0.4 is 0 Å². The lowest BCUT2D eigenvalue weighted by atomic mass is 10.2. The highest BCUT2D eigenvalue weighted by Gasteiger charge is 2.38. The van der Waals surface area contributed by atoms with Crippen LogP contribution in [0.3, 0.4) is 0 Å². The van der Waals surface area contributed by atoms with Gasteiger partial charge in [-0.2, -0.15) is 0 Å². The quantitative estimate of drug-likeness (QED) is 0.577. The van der Waals surface area contributed by atoms with Crippen LogP contribution in [0.15, 0.2) is 22.7 Å². The molecule has 1 saturated heterocycles. The summed E-state index contributed by atoms with van der Waals surface area (Å²) in [6, 6.07) is 3.96. The van der Waals surface area contributed by atoms with Crippen molar-refractivity contribution in [3.05, 3.63) is 34.1 Å². The van der Waals surface area contributed by atoms with E-state index in [9.17, 15) is 14.0 Å². The van der Waals surface area contributed by atoms with Crippen molar-refractivity contribution in [2.45, 2.75) is 45.4 Å². The number of hydrogen-bond acceptors (Lipinski definition) is 3. The molecule has 0 unspecified atom stereocenters.